The van der Waals surface area contributed by atoms with Crippen molar-refractivity contribution < 1.29 is 9.53 Å². The monoisotopic (exact) mass is 431 g/mol. The number of hydrogen-bond acceptors (Lipinski definition) is 4. The lowest BCUT2D eigenvalue weighted by atomic mass is 9.94. The number of nitrogens with zero attached hydrogens (tertiary/aromatic N) is 2. The van der Waals surface area contributed by atoms with Crippen LogP contribution in [0.25, 0.3) is 0 Å². The summed E-state index contributed by atoms with van der Waals surface area (Å²) in [4.78, 5) is 15.2. The lowest BCUT2D eigenvalue weighted by Gasteiger charge is -2.33. The van der Waals surface area contributed by atoms with Crippen molar-refractivity contribution in [2.45, 2.75) is 19.3 Å². The molecule has 0 aliphatic carbocycles. The van der Waals surface area contributed by atoms with Crippen LogP contribution in [0.5, 0.6) is 5.75 Å². The number of carbonyl (C=O) groups is 1. The number of rotatable bonds is 5. The lowest BCUT2D eigenvalue weighted by Crippen LogP contribution is -2.41. The number of amides is 1. The van der Waals surface area contributed by atoms with Gasteiger partial charge in [0.05, 0.1) is 27.8 Å². The SMILES string of the molecule is CC1COc2c(C#N)cccc2C(=O)N(CC(CCN)c2ccc(Cl)c(Cl)c2)C1. The molecule has 152 valence electrons. The number of nitrogens with two attached hydrogens (primary N) is 1. The number of hydrogen-bond donors (Lipinski definition) is 1. The molecule has 29 heavy (non-hydrogen) atoms. The summed E-state index contributed by atoms with van der Waals surface area (Å²) in [6, 6.07) is 12.7. The maximum atomic E-state index is 13.4. The minimum Gasteiger partial charge on any atom is -0.491 e. The second-order valence-corrected chi connectivity index (χ2v) is 8.18. The molecule has 0 spiro atoms. The fourth-order valence-electron chi connectivity index (χ4n) is 3.61. The molecular weight excluding hydrogens is 409 g/mol. The van der Waals surface area contributed by atoms with Crippen molar-refractivity contribution in [1.82, 2.24) is 4.90 Å². The molecule has 1 aliphatic heterocycles. The highest BCUT2D eigenvalue weighted by molar-refractivity contribution is 6.42. The summed E-state index contributed by atoms with van der Waals surface area (Å²) >= 11 is 12.3. The highest BCUT2D eigenvalue weighted by Crippen LogP contribution is 2.31. The smallest absolute Gasteiger partial charge is 0.257 e. The van der Waals surface area contributed by atoms with Gasteiger partial charge in [0.25, 0.3) is 5.91 Å². The Kier molecular flexibility index (Phi) is 7.02. The third-order valence-corrected chi connectivity index (χ3v) is 5.81. The van der Waals surface area contributed by atoms with E-state index in [1.54, 1.807) is 24.3 Å². The second-order valence-electron chi connectivity index (χ2n) is 7.37. The predicted octanol–water partition coefficient (Wildman–Crippen LogP) is 4.47. The van der Waals surface area contributed by atoms with Crippen molar-refractivity contribution in [1.29, 1.82) is 5.26 Å². The molecule has 7 heteroatoms. The van der Waals surface area contributed by atoms with Crippen LogP contribution >= 0.6 is 23.2 Å². The van der Waals surface area contributed by atoms with Crippen LogP contribution in [0.4, 0.5) is 0 Å². The molecule has 1 aliphatic rings. The molecule has 0 aromatic heterocycles. The highest BCUT2D eigenvalue weighted by Gasteiger charge is 2.29. The average molecular weight is 432 g/mol. The highest BCUT2D eigenvalue weighted by atomic mass is 35.5. The number of benzene rings is 2. The maximum Gasteiger partial charge on any atom is 0.257 e. The van der Waals surface area contributed by atoms with Gasteiger partial charge in [0.2, 0.25) is 0 Å². The molecule has 2 N–H and O–H groups in total. The van der Waals surface area contributed by atoms with Crippen LogP contribution in [0.15, 0.2) is 36.4 Å². The topological polar surface area (TPSA) is 79.3 Å². The van der Waals surface area contributed by atoms with E-state index in [1.807, 2.05) is 24.0 Å². The molecule has 3 rings (SSSR count). The molecule has 1 heterocycles. The number of halogens is 2. The molecule has 0 saturated heterocycles. The fourth-order valence-corrected chi connectivity index (χ4v) is 3.92. The first-order valence-corrected chi connectivity index (χ1v) is 10.3. The van der Waals surface area contributed by atoms with Crippen molar-refractivity contribution in [2.24, 2.45) is 11.7 Å². The molecule has 2 unspecified atom stereocenters. The van der Waals surface area contributed by atoms with Crippen molar-refractivity contribution in [3.05, 3.63) is 63.1 Å². The van der Waals surface area contributed by atoms with Crippen molar-refractivity contribution in [2.75, 3.05) is 26.2 Å². The van der Waals surface area contributed by atoms with Crippen LogP contribution in [0.1, 0.15) is 40.7 Å². The Bertz CT molecular complexity index is 942. The van der Waals surface area contributed by atoms with Crippen molar-refractivity contribution in [3.8, 4) is 11.8 Å². The van der Waals surface area contributed by atoms with E-state index in [4.69, 9.17) is 33.7 Å². The molecule has 2 aromatic rings. The Morgan fingerprint density at radius 2 is 2.10 bits per heavy atom. The summed E-state index contributed by atoms with van der Waals surface area (Å²) in [5, 5.41) is 10.4. The minimum atomic E-state index is -0.147. The Labute approximate surface area is 181 Å². The van der Waals surface area contributed by atoms with Gasteiger partial charge in [0.15, 0.2) is 0 Å². The number of nitriles is 1. The van der Waals surface area contributed by atoms with Crippen LogP contribution < -0.4 is 10.5 Å². The first-order chi connectivity index (χ1) is 13.9. The fraction of sp³-hybridized carbons (Fsp3) is 0.364. The number of para-hydroxylation sites is 1. The number of fused-ring (bicyclic) bond motifs is 1. The van der Waals surface area contributed by atoms with E-state index in [0.717, 1.165) is 5.56 Å². The molecule has 2 atom stereocenters. The quantitative estimate of drug-likeness (QED) is 0.756. The van der Waals surface area contributed by atoms with Gasteiger partial charge in [-0.15, -0.1) is 0 Å². The molecular formula is C22H23Cl2N3O2. The van der Waals surface area contributed by atoms with Gasteiger partial charge in [-0.3, -0.25) is 4.79 Å². The first-order valence-electron chi connectivity index (χ1n) is 9.54. The second kappa shape index (κ2) is 9.49. The van der Waals surface area contributed by atoms with Crippen LogP contribution in [-0.4, -0.2) is 37.0 Å². The maximum absolute atomic E-state index is 13.4. The summed E-state index contributed by atoms with van der Waals surface area (Å²) in [5.41, 5.74) is 7.63. The van der Waals surface area contributed by atoms with E-state index in [-0.39, 0.29) is 17.7 Å². The van der Waals surface area contributed by atoms with E-state index >= 15 is 0 Å². The van der Waals surface area contributed by atoms with Gasteiger partial charge in [-0.2, -0.15) is 5.26 Å². The first kappa shape index (κ1) is 21.4. The average Bonchev–Trinajstić information content (AvgIpc) is 2.71. The Balaban J connectivity index is 1.95. The molecule has 0 radical (unpaired) electrons. The van der Waals surface area contributed by atoms with E-state index in [2.05, 4.69) is 6.07 Å². The summed E-state index contributed by atoms with van der Waals surface area (Å²) in [6.45, 7) is 3.99. The summed E-state index contributed by atoms with van der Waals surface area (Å²) in [7, 11) is 0. The third kappa shape index (κ3) is 4.84. The van der Waals surface area contributed by atoms with Gasteiger partial charge in [0, 0.05) is 24.9 Å². The lowest BCUT2D eigenvalue weighted by molar-refractivity contribution is 0.0669. The summed E-state index contributed by atoms with van der Waals surface area (Å²) in [6.07, 6.45) is 0.706. The van der Waals surface area contributed by atoms with E-state index < -0.39 is 0 Å². The normalized spacial score (nSPS) is 17.6. The summed E-state index contributed by atoms with van der Waals surface area (Å²) < 4.78 is 5.83. The zero-order chi connectivity index (χ0) is 21.0. The third-order valence-electron chi connectivity index (χ3n) is 5.07. The van der Waals surface area contributed by atoms with Crippen LogP contribution in [0, 0.1) is 17.2 Å². The molecule has 1 amide bonds. The van der Waals surface area contributed by atoms with Gasteiger partial charge >= 0.3 is 0 Å². The molecule has 0 fully saturated rings. The molecule has 2 aromatic carbocycles. The largest absolute Gasteiger partial charge is 0.491 e. The van der Waals surface area contributed by atoms with Crippen LogP contribution in [0.3, 0.4) is 0 Å². The van der Waals surface area contributed by atoms with Gasteiger partial charge in [-0.1, -0.05) is 42.3 Å². The van der Waals surface area contributed by atoms with Gasteiger partial charge < -0.3 is 15.4 Å². The Hall–Kier alpha value is -2.26. The van der Waals surface area contributed by atoms with E-state index in [9.17, 15) is 10.1 Å². The number of carbonyl (C=O) groups excluding carboxylic acids is 1. The summed E-state index contributed by atoms with van der Waals surface area (Å²) in [5.74, 6) is 0.354. The van der Waals surface area contributed by atoms with Crippen molar-refractivity contribution >= 4 is 29.1 Å². The molecule has 5 nitrogen and oxygen atoms in total. The Morgan fingerprint density at radius 1 is 1.31 bits per heavy atom. The van der Waals surface area contributed by atoms with Crippen LogP contribution in [0.2, 0.25) is 10.0 Å². The zero-order valence-electron chi connectivity index (χ0n) is 16.2. The van der Waals surface area contributed by atoms with Gasteiger partial charge in [-0.05, 0) is 42.8 Å². The van der Waals surface area contributed by atoms with E-state index in [0.29, 0.717) is 59.6 Å². The zero-order valence-corrected chi connectivity index (χ0v) is 17.7. The van der Waals surface area contributed by atoms with Crippen LogP contribution in [-0.2, 0) is 0 Å². The van der Waals surface area contributed by atoms with Gasteiger partial charge in [0.1, 0.15) is 11.8 Å². The van der Waals surface area contributed by atoms with Crippen molar-refractivity contribution in [3.63, 3.8) is 0 Å². The Morgan fingerprint density at radius 3 is 2.79 bits per heavy atom. The number of ether oxygens (including phenoxy) is 1. The van der Waals surface area contributed by atoms with Gasteiger partial charge in [-0.25, -0.2) is 0 Å². The predicted molar refractivity (Wildman–Crippen MR) is 115 cm³/mol. The molecule has 0 bridgehead atoms. The molecule has 0 saturated carbocycles. The van der Waals surface area contributed by atoms with E-state index in [1.165, 1.54) is 0 Å². The minimum absolute atomic E-state index is 0.0221. The standard InChI is InChI=1S/C22H23Cl2N3O2/c1-14-11-27(12-17(7-8-25)15-5-6-19(23)20(24)9-15)22(28)18-4-2-3-16(10-26)21(18)29-13-14/h2-6,9,14,17H,7-8,11-13,25H2,1H3.